The zero-order chi connectivity index (χ0) is 14.0. The molecule has 102 valence electrons. The number of aromatic amines is 1. The quantitative estimate of drug-likeness (QED) is 0.797. The molecule has 0 radical (unpaired) electrons. The smallest absolute Gasteiger partial charge is 0.263 e. The summed E-state index contributed by atoms with van der Waals surface area (Å²) >= 11 is 0. The Morgan fingerprint density at radius 1 is 1.26 bits per heavy atom. The van der Waals surface area contributed by atoms with Gasteiger partial charge in [0.1, 0.15) is 22.2 Å². The highest BCUT2D eigenvalue weighted by Crippen LogP contribution is 2.22. The topological polar surface area (TPSA) is 88.0 Å². The third-order valence-electron chi connectivity index (χ3n) is 2.45. The van der Waals surface area contributed by atoms with Gasteiger partial charge in [0.15, 0.2) is 0 Å². The number of anilines is 1. The number of halogens is 2. The summed E-state index contributed by atoms with van der Waals surface area (Å²) in [5.74, 6) is -1.98. The summed E-state index contributed by atoms with van der Waals surface area (Å²) in [7, 11) is -4.06. The molecule has 0 aliphatic carbocycles. The zero-order valence-electron chi connectivity index (χ0n) is 9.65. The maximum atomic E-state index is 13.4. The monoisotopic (exact) mass is 287 g/mol. The number of nitrogens with two attached hydrogens (primary N) is 1. The molecule has 1 heterocycles. The second-order valence-corrected chi connectivity index (χ2v) is 5.45. The largest absolute Gasteiger partial charge is 0.363 e. The highest BCUT2D eigenvalue weighted by atomic mass is 32.2. The molecule has 2 rings (SSSR count). The highest BCUT2D eigenvalue weighted by Gasteiger charge is 2.20. The number of hydrogen-bond acceptors (Lipinski definition) is 3. The maximum absolute atomic E-state index is 13.4. The molecule has 0 atom stereocenters. The van der Waals surface area contributed by atoms with E-state index in [1.54, 1.807) is 0 Å². The first-order valence-electron chi connectivity index (χ1n) is 5.28. The molecule has 0 aliphatic heterocycles. The lowest BCUT2D eigenvalue weighted by Gasteiger charge is -2.08. The first-order chi connectivity index (χ1) is 8.94. The lowest BCUT2D eigenvalue weighted by atomic mass is 10.3. The molecule has 0 aliphatic rings. The molecule has 8 heteroatoms. The van der Waals surface area contributed by atoms with Gasteiger partial charge in [0.25, 0.3) is 10.0 Å². The van der Waals surface area contributed by atoms with E-state index in [1.807, 2.05) is 4.72 Å². The van der Waals surface area contributed by atoms with Crippen molar-refractivity contribution in [1.29, 1.82) is 0 Å². The van der Waals surface area contributed by atoms with Crippen LogP contribution >= 0.6 is 0 Å². The molecule has 0 bridgehead atoms. The minimum Gasteiger partial charge on any atom is -0.363 e. The summed E-state index contributed by atoms with van der Waals surface area (Å²) in [5, 5.41) is 0. The Morgan fingerprint density at radius 3 is 2.42 bits per heavy atom. The van der Waals surface area contributed by atoms with Gasteiger partial charge in [-0.2, -0.15) is 0 Å². The first-order valence-corrected chi connectivity index (χ1v) is 6.76. The molecule has 5 nitrogen and oxygen atoms in total. The van der Waals surface area contributed by atoms with E-state index in [9.17, 15) is 17.2 Å². The number of benzene rings is 1. The molecular weight excluding hydrogens is 276 g/mol. The van der Waals surface area contributed by atoms with E-state index >= 15 is 0 Å². The maximum Gasteiger partial charge on any atom is 0.263 e. The summed E-state index contributed by atoms with van der Waals surface area (Å²) in [4.78, 5) is 2.50. The van der Waals surface area contributed by atoms with Gasteiger partial charge in [0, 0.05) is 18.4 Å². The van der Waals surface area contributed by atoms with E-state index in [1.165, 1.54) is 12.3 Å². The van der Waals surface area contributed by atoms with Gasteiger partial charge in [-0.1, -0.05) is 6.07 Å². The number of rotatable bonds is 4. The Morgan fingerprint density at radius 2 is 1.89 bits per heavy atom. The normalized spacial score (nSPS) is 11.5. The van der Waals surface area contributed by atoms with Gasteiger partial charge < -0.3 is 10.7 Å². The molecule has 1 aromatic heterocycles. The average Bonchev–Trinajstić information content (AvgIpc) is 2.83. The fourth-order valence-electron chi connectivity index (χ4n) is 1.48. The fraction of sp³-hybridized carbons (Fsp3) is 0.0909. The molecule has 0 fully saturated rings. The fourth-order valence-corrected chi connectivity index (χ4v) is 2.57. The number of aromatic nitrogens is 1. The highest BCUT2D eigenvalue weighted by molar-refractivity contribution is 7.92. The van der Waals surface area contributed by atoms with Crippen LogP contribution in [0.1, 0.15) is 5.69 Å². The van der Waals surface area contributed by atoms with Crippen molar-refractivity contribution in [2.24, 2.45) is 5.73 Å². The van der Waals surface area contributed by atoms with Crippen molar-refractivity contribution in [3.05, 3.63) is 47.8 Å². The first kappa shape index (κ1) is 13.5. The Balaban J connectivity index is 2.36. The van der Waals surface area contributed by atoms with Gasteiger partial charge in [0.2, 0.25) is 0 Å². The van der Waals surface area contributed by atoms with Crippen LogP contribution in [0.4, 0.5) is 14.5 Å². The Labute approximate surface area is 108 Å². The second-order valence-electron chi connectivity index (χ2n) is 3.77. The van der Waals surface area contributed by atoms with Crippen LogP contribution in [0.3, 0.4) is 0 Å². The van der Waals surface area contributed by atoms with Crippen LogP contribution in [0.25, 0.3) is 0 Å². The average molecular weight is 287 g/mol. The Bertz CT molecular complexity index is 677. The van der Waals surface area contributed by atoms with E-state index in [-0.39, 0.29) is 11.4 Å². The number of sulfonamides is 1. The molecule has 0 saturated carbocycles. The lowest BCUT2D eigenvalue weighted by molar-refractivity contribution is 0.583. The van der Waals surface area contributed by atoms with Crippen LogP contribution in [0.2, 0.25) is 0 Å². The molecular formula is C11H11F2N3O2S. The predicted molar refractivity (Wildman–Crippen MR) is 65.9 cm³/mol. The predicted octanol–water partition coefficient (Wildman–Crippen LogP) is 1.55. The van der Waals surface area contributed by atoms with Gasteiger partial charge in [0.05, 0.1) is 0 Å². The molecule has 0 saturated heterocycles. The summed E-state index contributed by atoms with van der Waals surface area (Å²) in [6, 6.07) is 4.36. The van der Waals surface area contributed by atoms with E-state index in [0.29, 0.717) is 5.69 Å². The summed E-state index contributed by atoms with van der Waals surface area (Å²) in [6.45, 7) is 0.129. The van der Waals surface area contributed by atoms with Crippen molar-refractivity contribution in [2.45, 2.75) is 11.4 Å². The van der Waals surface area contributed by atoms with Crippen LogP contribution in [-0.4, -0.2) is 13.4 Å². The SMILES string of the molecule is NCc1cc(S(=O)(=O)Nc2c(F)cccc2F)c[nH]1. The molecule has 2 aromatic rings. The third kappa shape index (κ3) is 2.74. The van der Waals surface area contributed by atoms with Crippen molar-refractivity contribution in [2.75, 3.05) is 4.72 Å². The van der Waals surface area contributed by atoms with Gasteiger partial charge in [-0.3, -0.25) is 4.72 Å². The van der Waals surface area contributed by atoms with Crippen LogP contribution in [-0.2, 0) is 16.6 Å². The van der Waals surface area contributed by atoms with Gasteiger partial charge >= 0.3 is 0 Å². The molecule has 19 heavy (non-hydrogen) atoms. The second kappa shape index (κ2) is 4.98. The van der Waals surface area contributed by atoms with Crippen LogP contribution in [0.15, 0.2) is 35.4 Å². The molecule has 0 amide bonds. The van der Waals surface area contributed by atoms with Gasteiger partial charge in [-0.25, -0.2) is 17.2 Å². The number of H-pyrrole nitrogens is 1. The molecule has 1 aromatic carbocycles. The van der Waals surface area contributed by atoms with Gasteiger partial charge in [-0.15, -0.1) is 0 Å². The number of nitrogens with one attached hydrogen (secondary N) is 2. The van der Waals surface area contributed by atoms with Crippen molar-refractivity contribution in [3.8, 4) is 0 Å². The van der Waals surface area contributed by atoms with E-state index in [4.69, 9.17) is 5.73 Å². The summed E-state index contributed by atoms with van der Waals surface area (Å²) in [5.41, 5.74) is 5.13. The number of hydrogen-bond donors (Lipinski definition) is 3. The van der Waals surface area contributed by atoms with Crippen LogP contribution < -0.4 is 10.5 Å². The van der Waals surface area contributed by atoms with E-state index < -0.39 is 27.3 Å². The number of para-hydroxylation sites is 1. The summed E-state index contributed by atoms with van der Waals surface area (Å²) in [6.07, 6.45) is 1.20. The molecule has 4 N–H and O–H groups in total. The minimum absolute atomic E-state index is 0.129. The Kier molecular flexibility index (Phi) is 3.54. The standard InChI is InChI=1S/C11H11F2N3O2S/c12-9-2-1-3-10(13)11(9)16-19(17,18)8-4-7(5-14)15-6-8/h1-4,6,15-16H,5,14H2. The molecule has 0 unspecified atom stereocenters. The van der Waals surface area contributed by atoms with Crippen LogP contribution in [0, 0.1) is 11.6 Å². The zero-order valence-corrected chi connectivity index (χ0v) is 10.5. The molecule has 0 spiro atoms. The third-order valence-corrected chi connectivity index (χ3v) is 3.77. The Hall–Kier alpha value is -1.93. The van der Waals surface area contributed by atoms with E-state index in [0.717, 1.165) is 18.2 Å². The van der Waals surface area contributed by atoms with Crippen molar-refractivity contribution < 1.29 is 17.2 Å². The van der Waals surface area contributed by atoms with Crippen molar-refractivity contribution >= 4 is 15.7 Å². The van der Waals surface area contributed by atoms with Crippen molar-refractivity contribution in [1.82, 2.24) is 4.98 Å². The van der Waals surface area contributed by atoms with Crippen LogP contribution in [0.5, 0.6) is 0 Å². The summed E-state index contributed by atoms with van der Waals surface area (Å²) < 4.78 is 52.5. The van der Waals surface area contributed by atoms with Gasteiger partial charge in [-0.05, 0) is 18.2 Å². The minimum atomic E-state index is -4.06. The van der Waals surface area contributed by atoms with Crippen molar-refractivity contribution in [3.63, 3.8) is 0 Å². The lowest BCUT2D eigenvalue weighted by Crippen LogP contribution is -2.14. The van der Waals surface area contributed by atoms with E-state index in [2.05, 4.69) is 4.98 Å².